The second-order valence-corrected chi connectivity index (χ2v) is 8.48. The summed E-state index contributed by atoms with van der Waals surface area (Å²) >= 11 is 0. The van der Waals surface area contributed by atoms with Crippen LogP contribution in [0.25, 0.3) is 0 Å². The number of hydrogen-bond acceptors (Lipinski definition) is 5. The fraction of sp³-hybridized carbons (Fsp3) is 0.435. The van der Waals surface area contributed by atoms with E-state index in [0.717, 1.165) is 17.7 Å². The second kappa shape index (κ2) is 7.75. The van der Waals surface area contributed by atoms with Crippen LogP contribution < -0.4 is 4.74 Å². The molecule has 0 radical (unpaired) electrons. The Bertz CT molecular complexity index is 984. The molecule has 2 aromatic rings. The number of aryl methyl sites for hydroxylation is 1. The van der Waals surface area contributed by atoms with Crippen molar-refractivity contribution in [1.29, 1.82) is 0 Å². The summed E-state index contributed by atoms with van der Waals surface area (Å²) in [5.41, 5.74) is -1.80. The Balaban J connectivity index is 1.93. The van der Waals surface area contributed by atoms with Crippen LogP contribution >= 0.6 is 0 Å². The van der Waals surface area contributed by atoms with E-state index in [1.54, 1.807) is 45.9 Å². The molecule has 1 aliphatic rings. The van der Waals surface area contributed by atoms with E-state index >= 15 is 0 Å². The van der Waals surface area contributed by atoms with E-state index in [-0.39, 0.29) is 17.4 Å². The van der Waals surface area contributed by atoms with Crippen molar-refractivity contribution in [3.05, 3.63) is 53.2 Å². The Kier molecular flexibility index (Phi) is 5.73. The molecule has 2 heterocycles. The van der Waals surface area contributed by atoms with Gasteiger partial charge in [-0.05, 0) is 63.4 Å². The van der Waals surface area contributed by atoms with Crippen LogP contribution in [-0.2, 0) is 26.9 Å². The Labute approximate surface area is 178 Å². The van der Waals surface area contributed by atoms with Crippen LogP contribution in [0.3, 0.4) is 0 Å². The third-order valence-corrected chi connectivity index (χ3v) is 5.31. The standard InChI is InChI=1S/C23H24F3NO4/c1-6-13-11-15(30-17-10-7-14(12-27-17)23(24,25)26)8-9-16(13)18-19(28)21(2,3)31-22(4,5)20(18)29/h7-12,18H,6H2,1-5H3. The number of alkyl halides is 3. The maximum Gasteiger partial charge on any atom is 0.417 e. The van der Waals surface area contributed by atoms with Gasteiger partial charge in [-0.15, -0.1) is 0 Å². The molecule has 0 atom stereocenters. The van der Waals surface area contributed by atoms with Gasteiger partial charge in [0.05, 0.1) is 5.56 Å². The number of rotatable bonds is 4. The van der Waals surface area contributed by atoms with E-state index in [9.17, 15) is 22.8 Å². The zero-order valence-corrected chi connectivity index (χ0v) is 18.0. The van der Waals surface area contributed by atoms with Gasteiger partial charge in [-0.1, -0.05) is 13.0 Å². The zero-order valence-electron chi connectivity index (χ0n) is 18.0. The molecule has 31 heavy (non-hydrogen) atoms. The first-order valence-electron chi connectivity index (χ1n) is 9.89. The van der Waals surface area contributed by atoms with Crippen molar-refractivity contribution in [2.45, 2.75) is 64.3 Å². The van der Waals surface area contributed by atoms with Gasteiger partial charge in [0.15, 0.2) is 11.6 Å². The molecule has 0 aliphatic carbocycles. The fourth-order valence-corrected chi connectivity index (χ4v) is 3.80. The molecule has 1 fully saturated rings. The molecule has 3 rings (SSSR count). The molecule has 0 bridgehead atoms. The van der Waals surface area contributed by atoms with Crippen LogP contribution in [0.1, 0.15) is 57.2 Å². The van der Waals surface area contributed by atoms with Crippen LogP contribution in [0, 0.1) is 0 Å². The molecule has 1 aliphatic heterocycles. The van der Waals surface area contributed by atoms with Crippen molar-refractivity contribution in [2.75, 3.05) is 0 Å². The highest BCUT2D eigenvalue weighted by molar-refractivity contribution is 6.15. The molecule has 0 unspecified atom stereocenters. The number of pyridine rings is 1. The minimum Gasteiger partial charge on any atom is -0.439 e. The minimum absolute atomic E-state index is 0.00305. The molecule has 0 spiro atoms. The quantitative estimate of drug-likeness (QED) is 0.613. The average molecular weight is 435 g/mol. The van der Waals surface area contributed by atoms with Gasteiger partial charge in [-0.2, -0.15) is 13.2 Å². The Hall–Kier alpha value is -2.74. The normalized spacial score (nSPS) is 18.8. The predicted octanol–water partition coefficient (Wildman–Crippen LogP) is 5.26. The average Bonchev–Trinajstić information content (AvgIpc) is 2.66. The number of ether oxygens (including phenoxy) is 2. The summed E-state index contributed by atoms with van der Waals surface area (Å²) < 4.78 is 49.4. The third kappa shape index (κ3) is 4.49. The zero-order chi connectivity index (χ0) is 23.2. The van der Waals surface area contributed by atoms with Crippen LogP contribution in [0.5, 0.6) is 11.6 Å². The first-order chi connectivity index (χ1) is 14.3. The number of hydrogen-bond donors (Lipinski definition) is 0. The number of ketones is 2. The molecule has 1 saturated heterocycles. The van der Waals surface area contributed by atoms with Crippen molar-refractivity contribution in [2.24, 2.45) is 0 Å². The molecule has 0 amide bonds. The lowest BCUT2D eigenvalue weighted by Crippen LogP contribution is -2.58. The fourth-order valence-electron chi connectivity index (χ4n) is 3.80. The van der Waals surface area contributed by atoms with E-state index in [4.69, 9.17) is 9.47 Å². The lowest BCUT2D eigenvalue weighted by Gasteiger charge is -2.43. The highest BCUT2D eigenvalue weighted by Gasteiger charge is 2.53. The lowest BCUT2D eigenvalue weighted by molar-refractivity contribution is -0.184. The lowest BCUT2D eigenvalue weighted by atomic mass is 9.74. The van der Waals surface area contributed by atoms with Gasteiger partial charge < -0.3 is 9.47 Å². The van der Waals surface area contributed by atoms with Crippen LogP contribution in [0.4, 0.5) is 13.2 Å². The molecular weight excluding hydrogens is 411 g/mol. The number of halogens is 3. The Morgan fingerprint density at radius 2 is 1.65 bits per heavy atom. The molecule has 0 saturated carbocycles. The van der Waals surface area contributed by atoms with Crippen molar-refractivity contribution in [3.8, 4) is 11.6 Å². The van der Waals surface area contributed by atoms with E-state index < -0.39 is 28.9 Å². The third-order valence-electron chi connectivity index (χ3n) is 5.31. The van der Waals surface area contributed by atoms with Crippen molar-refractivity contribution < 1.29 is 32.2 Å². The molecule has 5 nitrogen and oxygen atoms in total. The van der Waals surface area contributed by atoms with Crippen molar-refractivity contribution in [3.63, 3.8) is 0 Å². The summed E-state index contributed by atoms with van der Waals surface area (Å²) in [6.07, 6.45) is -3.26. The summed E-state index contributed by atoms with van der Waals surface area (Å²) in [7, 11) is 0. The minimum atomic E-state index is -4.48. The van der Waals surface area contributed by atoms with E-state index in [0.29, 0.717) is 23.9 Å². The molecule has 1 aromatic heterocycles. The predicted molar refractivity (Wildman–Crippen MR) is 107 cm³/mol. The topological polar surface area (TPSA) is 65.5 Å². The summed E-state index contributed by atoms with van der Waals surface area (Å²) in [5, 5.41) is 0. The van der Waals surface area contributed by atoms with E-state index in [1.807, 2.05) is 6.92 Å². The largest absolute Gasteiger partial charge is 0.439 e. The van der Waals surface area contributed by atoms with Crippen molar-refractivity contribution in [1.82, 2.24) is 4.98 Å². The Morgan fingerprint density at radius 3 is 2.13 bits per heavy atom. The maximum absolute atomic E-state index is 13.0. The summed E-state index contributed by atoms with van der Waals surface area (Å²) in [6, 6.07) is 6.92. The SMILES string of the molecule is CCc1cc(Oc2ccc(C(F)(F)F)cn2)ccc1C1C(=O)C(C)(C)OC(C)(C)C1=O. The van der Waals surface area contributed by atoms with E-state index in [2.05, 4.69) is 4.98 Å². The molecule has 166 valence electrons. The summed E-state index contributed by atoms with van der Waals surface area (Å²) in [4.78, 5) is 29.8. The number of nitrogens with zero attached hydrogens (tertiary/aromatic N) is 1. The van der Waals surface area contributed by atoms with Gasteiger partial charge in [-0.25, -0.2) is 4.98 Å². The van der Waals surface area contributed by atoms with E-state index in [1.165, 1.54) is 0 Å². The molecule has 0 N–H and O–H groups in total. The Morgan fingerprint density at radius 1 is 1.03 bits per heavy atom. The monoisotopic (exact) mass is 435 g/mol. The molecule has 1 aromatic carbocycles. The van der Waals surface area contributed by atoms with Gasteiger partial charge >= 0.3 is 6.18 Å². The maximum atomic E-state index is 13.0. The second-order valence-electron chi connectivity index (χ2n) is 8.48. The molecular formula is C23H24F3NO4. The number of aromatic nitrogens is 1. The highest BCUT2D eigenvalue weighted by atomic mass is 19.4. The van der Waals surface area contributed by atoms with Gasteiger partial charge in [0, 0.05) is 12.3 Å². The van der Waals surface area contributed by atoms with Gasteiger partial charge in [0.2, 0.25) is 5.88 Å². The number of benzene rings is 1. The summed E-state index contributed by atoms with van der Waals surface area (Å²) in [6.45, 7) is 8.47. The van der Waals surface area contributed by atoms with Gasteiger partial charge in [0.1, 0.15) is 22.9 Å². The van der Waals surface area contributed by atoms with Crippen LogP contribution in [0.15, 0.2) is 36.5 Å². The first-order valence-corrected chi connectivity index (χ1v) is 9.89. The van der Waals surface area contributed by atoms with Gasteiger partial charge in [-0.3, -0.25) is 9.59 Å². The first kappa shape index (κ1) is 22.9. The smallest absolute Gasteiger partial charge is 0.417 e. The summed E-state index contributed by atoms with van der Waals surface area (Å²) in [5.74, 6) is -1.25. The number of carbonyl (C=O) groups excluding carboxylic acids is 2. The highest BCUT2D eigenvalue weighted by Crippen LogP contribution is 2.40. The van der Waals surface area contributed by atoms with Gasteiger partial charge in [0.25, 0.3) is 0 Å². The number of carbonyl (C=O) groups is 2. The number of Topliss-reactive ketones (excluding diaryl/α,β-unsaturated/α-hetero) is 2. The van der Waals surface area contributed by atoms with Crippen molar-refractivity contribution >= 4 is 11.6 Å². The van der Waals surface area contributed by atoms with Crippen LogP contribution in [-0.4, -0.2) is 27.8 Å². The van der Waals surface area contributed by atoms with Crippen LogP contribution in [0.2, 0.25) is 0 Å². The molecule has 8 heteroatoms.